The Balaban J connectivity index is 1.70. The summed E-state index contributed by atoms with van der Waals surface area (Å²) in [6, 6.07) is 13.2. The molecule has 0 radical (unpaired) electrons. The monoisotopic (exact) mass is 424 g/mol. The highest BCUT2D eigenvalue weighted by Gasteiger charge is 2.10. The van der Waals surface area contributed by atoms with Gasteiger partial charge in [-0.05, 0) is 61.2 Å². The van der Waals surface area contributed by atoms with E-state index in [0.717, 1.165) is 29.2 Å². The van der Waals surface area contributed by atoms with Gasteiger partial charge in [-0.15, -0.1) is 11.8 Å². The van der Waals surface area contributed by atoms with Gasteiger partial charge in [0.2, 0.25) is 10.0 Å². The molecule has 0 atom stereocenters. The lowest BCUT2D eigenvalue weighted by Crippen LogP contribution is -2.37. The van der Waals surface area contributed by atoms with Crippen molar-refractivity contribution in [2.24, 2.45) is 4.99 Å². The highest BCUT2D eigenvalue weighted by molar-refractivity contribution is 7.99. The van der Waals surface area contributed by atoms with E-state index in [2.05, 4.69) is 20.3 Å². The van der Waals surface area contributed by atoms with Gasteiger partial charge in [-0.3, -0.25) is 4.99 Å². The smallest absolute Gasteiger partial charge is 0.240 e. The first-order valence-electron chi connectivity index (χ1n) is 8.80. The maximum Gasteiger partial charge on any atom is 0.240 e. The predicted octanol–water partition coefficient (Wildman–Crippen LogP) is 2.58. The molecule has 0 unspecified atom stereocenters. The van der Waals surface area contributed by atoms with Crippen LogP contribution in [0, 0.1) is 5.82 Å². The summed E-state index contributed by atoms with van der Waals surface area (Å²) in [5, 5.41) is 6.44. The third-order valence-electron chi connectivity index (χ3n) is 3.88. The molecule has 0 aliphatic heterocycles. The van der Waals surface area contributed by atoms with E-state index >= 15 is 0 Å². The van der Waals surface area contributed by atoms with Crippen molar-refractivity contribution >= 4 is 27.7 Å². The second kappa shape index (κ2) is 11.0. The van der Waals surface area contributed by atoms with Crippen molar-refractivity contribution in [1.82, 2.24) is 15.4 Å². The first-order valence-corrected chi connectivity index (χ1v) is 11.3. The van der Waals surface area contributed by atoms with E-state index in [1.165, 1.54) is 19.2 Å². The van der Waals surface area contributed by atoms with Crippen molar-refractivity contribution in [3.05, 3.63) is 59.9 Å². The minimum absolute atomic E-state index is 0.223. The molecule has 0 saturated carbocycles. The van der Waals surface area contributed by atoms with Gasteiger partial charge in [0.15, 0.2) is 5.96 Å². The molecule has 9 heteroatoms. The Bertz CT molecular complexity index is 870. The Hall–Kier alpha value is -2.10. The average molecular weight is 425 g/mol. The number of benzene rings is 2. The molecular weight excluding hydrogens is 399 g/mol. The van der Waals surface area contributed by atoms with E-state index in [4.69, 9.17) is 0 Å². The molecule has 2 aromatic rings. The first-order chi connectivity index (χ1) is 13.4. The zero-order valence-corrected chi connectivity index (χ0v) is 17.5. The number of nitrogens with one attached hydrogen (secondary N) is 3. The number of sulfonamides is 1. The topological polar surface area (TPSA) is 82.6 Å². The third kappa shape index (κ3) is 7.14. The standard InChI is InChI=1S/C19H25FN4O2S2/c1-21-19(23-12-3-13-27-17-8-6-16(20)7-9-17)24-14-15-4-10-18(11-5-15)28(25,26)22-2/h4-11,22H,3,12-14H2,1-2H3,(H2,21,23,24). The van der Waals surface area contributed by atoms with E-state index in [-0.39, 0.29) is 10.7 Å². The average Bonchev–Trinajstić information content (AvgIpc) is 2.71. The number of thioether (sulfide) groups is 1. The zero-order chi connectivity index (χ0) is 20.4. The largest absolute Gasteiger partial charge is 0.356 e. The van der Waals surface area contributed by atoms with Crippen molar-refractivity contribution < 1.29 is 12.8 Å². The zero-order valence-electron chi connectivity index (χ0n) is 15.9. The molecular formula is C19H25FN4O2S2. The summed E-state index contributed by atoms with van der Waals surface area (Å²) in [5.41, 5.74) is 0.949. The quantitative estimate of drug-likeness (QED) is 0.249. The molecule has 3 N–H and O–H groups in total. The SMILES string of the molecule is CN=C(NCCCSc1ccc(F)cc1)NCc1ccc(S(=O)(=O)NC)cc1. The summed E-state index contributed by atoms with van der Waals surface area (Å²) in [4.78, 5) is 5.46. The molecule has 2 aromatic carbocycles. The molecule has 0 amide bonds. The van der Waals surface area contributed by atoms with Crippen LogP contribution in [-0.4, -0.2) is 40.8 Å². The second-order valence-electron chi connectivity index (χ2n) is 5.86. The minimum Gasteiger partial charge on any atom is -0.356 e. The van der Waals surface area contributed by atoms with Crippen LogP contribution in [0.4, 0.5) is 4.39 Å². The van der Waals surface area contributed by atoms with Crippen LogP contribution in [0.25, 0.3) is 0 Å². The van der Waals surface area contributed by atoms with Crippen LogP contribution in [0.5, 0.6) is 0 Å². The van der Waals surface area contributed by atoms with Gasteiger partial charge in [0, 0.05) is 25.0 Å². The number of hydrogen-bond acceptors (Lipinski definition) is 4. The third-order valence-corrected chi connectivity index (χ3v) is 6.41. The molecule has 0 aromatic heterocycles. The molecule has 0 aliphatic carbocycles. The molecule has 0 fully saturated rings. The van der Waals surface area contributed by atoms with Gasteiger partial charge >= 0.3 is 0 Å². The molecule has 152 valence electrons. The molecule has 28 heavy (non-hydrogen) atoms. The molecule has 6 nitrogen and oxygen atoms in total. The van der Waals surface area contributed by atoms with Gasteiger partial charge in [0.05, 0.1) is 4.90 Å². The Morgan fingerprint density at radius 3 is 2.36 bits per heavy atom. The van der Waals surface area contributed by atoms with Crippen LogP contribution < -0.4 is 15.4 Å². The number of nitrogens with zero attached hydrogens (tertiary/aromatic N) is 1. The number of rotatable bonds is 9. The lowest BCUT2D eigenvalue weighted by molar-refractivity contribution is 0.588. The van der Waals surface area contributed by atoms with Crippen LogP contribution in [0.2, 0.25) is 0 Å². The predicted molar refractivity (Wildman–Crippen MR) is 113 cm³/mol. The van der Waals surface area contributed by atoms with Crippen LogP contribution in [0.1, 0.15) is 12.0 Å². The summed E-state index contributed by atoms with van der Waals surface area (Å²) in [6.07, 6.45) is 0.930. The van der Waals surface area contributed by atoms with E-state index in [9.17, 15) is 12.8 Å². The normalized spacial score (nSPS) is 12.0. The van der Waals surface area contributed by atoms with Gasteiger partial charge in [-0.1, -0.05) is 12.1 Å². The van der Waals surface area contributed by atoms with Crippen molar-refractivity contribution in [3.63, 3.8) is 0 Å². The van der Waals surface area contributed by atoms with Crippen molar-refractivity contribution in [3.8, 4) is 0 Å². The summed E-state index contributed by atoms with van der Waals surface area (Å²) >= 11 is 1.68. The van der Waals surface area contributed by atoms with Gasteiger partial charge in [0.1, 0.15) is 5.82 Å². The molecule has 0 saturated heterocycles. The van der Waals surface area contributed by atoms with Crippen molar-refractivity contribution in [2.45, 2.75) is 22.8 Å². The fourth-order valence-electron chi connectivity index (χ4n) is 2.31. The van der Waals surface area contributed by atoms with E-state index in [1.54, 1.807) is 55.2 Å². The van der Waals surface area contributed by atoms with Gasteiger partial charge in [0.25, 0.3) is 0 Å². The molecule has 0 aliphatic rings. The molecule has 0 spiro atoms. The summed E-state index contributed by atoms with van der Waals surface area (Å²) in [6.45, 7) is 1.29. The Morgan fingerprint density at radius 2 is 1.75 bits per heavy atom. The summed E-state index contributed by atoms with van der Waals surface area (Å²) < 4.78 is 38.6. The Labute approximate surface area is 170 Å². The van der Waals surface area contributed by atoms with Crippen molar-refractivity contribution in [1.29, 1.82) is 0 Å². The maximum atomic E-state index is 12.9. The van der Waals surface area contributed by atoms with E-state index in [0.29, 0.717) is 12.5 Å². The highest BCUT2D eigenvalue weighted by atomic mass is 32.2. The summed E-state index contributed by atoms with van der Waals surface area (Å²) in [7, 11) is -0.331. The van der Waals surface area contributed by atoms with Crippen LogP contribution in [0.3, 0.4) is 0 Å². The Kier molecular flexibility index (Phi) is 8.75. The minimum atomic E-state index is -3.42. The molecule has 2 rings (SSSR count). The van der Waals surface area contributed by atoms with Crippen LogP contribution in [-0.2, 0) is 16.6 Å². The van der Waals surface area contributed by atoms with Crippen LogP contribution in [0.15, 0.2) is 63.3 Å². The number of hydrogen-bond donors (Lipinski definition) is 3. The fraction of sp³-hybridized carbons (Fsp3) is 0.316. The number of guanidine groups is 1. The van der Waals surface area contributed by atoms with Gasteiger partial charge < -0.3 is 10.6 Å². The van der Waals surface area contributed by atoms with Crippen LogP contribution >= 0.6 is 11.8 Å². The van der Waals surface area contributed by atoms with Crippen molar-refractivity contribution in [2.75, 3.05) is 26.4 Å². The second-order valence-corrected chi connectivity index (χ2v) is 8.91. The fourth-order valence-corrected chi connectivity index (χ4v) is 3.89. The van der Waals surface area contributed by atoms with E-state index in [1.807, 2.05) is 0 Å². The highest BCUT2D eigenvalue weighted by Crippen LogP contribution is 2.18. The lowest BCUT2D eigenvalue weighted by atomic mass is 10.2. The van der Waals surface area contributed by atoms with E-state index < -0.39 is 10.0 Å². The molecule has 0 bridgehead atoms. The Morgan fingerprint density at radius 1 is 1.07 bits per heavy atom. The first kappa shape index (κ1) is 22.2. The molecule has 0 heterocycles. The number of aliphatic imine (C=N–C) groups is 1. The van der Waals surface area contributed by atoms with Gasteiger partial charge in [-0.2, -0.15) is 0 Å². The number of halogens is 1. The summed E-state index contributed by atoms with van der Waals surface area (Å²) in [5.74, 6) is 1.37. The van der Waals surface area contributed by atoms with Gasteiger partial charge in [-0.25, -0.2) is 17.5 Å². The maximum absolute atomic E-state index is 12.9. The lowest BCUT2D eigenvalue weighted by Gasteiger charge is -2.12.